The highest BCUT2D eigenvalue weighted by Crippen LogP contribution is 2.39. The van der Waals surface area contributed by atoms with Crippen LogP contribution in [0.2, 0.25) is 0 Å². The molecule has 1 rings (SSSR count). The van der Waals surface area contributed by atoms with Gasteiger partial charge in [0.2, 0.25) is 0 Å². The zero-order valence-corrected chi connectivity index (χ0v) is 8.60. The van der Waals surface area contributed by atoms with Crippen LogP contribution in [0.25, 0.3) is 0 Å². The molecule has 1 aromatic heterocycles. The van der Waals surface area contributed by atoms with Crippen molar-refractivity contribution >= 4 is 0 Å². The Hall–Kier alpha value is -1.10. The number of alkyl halides is 3. The van der Waals surface area contributed by atoms with Crippen molar-refractivity contribution in [3.05, 3.63) is 29.6 Å². The van der Waals surface area contributed by atoms with Crippen LogP contribution in [-0.2, 0) is 12.0 Å². The summed E-state index contributed by atoms with van der Waals surface area (Å²) in [5.41, 5.74) is 4.06. The largest absolute Gasteiger partial charge is 0.399 e. The maximum Gasteiger partial charge on any atom is 0.399 e. The number of hydrogen-bond donors (Lipinski definition) is 1. The summed E-state index contributed by atoms with van der Waals surface area (Å²) in [5, 5.41) is 0. The zero-order valence-electron chi connectivity index (χ0n) is 8.60. The molecule has 0 amide bonds. The summed E-state index contributed by atoms with van der Waals surface area (Å²) in [6, 6.07) is 3.00. The Kier molecular flexibility index (Phi) is 3.04. The average molecular weight is 218 g/mol. The van der Waals surface area contributed by atoms with Crippen molar-refractivity contribution in [1.29, 1.82) is 0 Å². The average Bonchev–Trinajstić information content (AvgIpc) is 2.16. The van der Waals surface area contributed by atoms with E-state index in [4.69, 9.17) is 5.73 Å². The van der Waals surface area contributed by atoms with Crippen LogP contribution in [0.3, 0.4) is 0 Å². The molecular weight excluding hydrogens is 205 g/mol. The van der Waals surface area contributed by atoms with Crippen molar-refractivity contribution in [3.8, 4) is 0 Å². The lowest BCUT2D eigenvalue weighted by Crippen LogP contribution is -2.37. The number of aromatic nitrogens is 1. The second kappa shape index (κ2) is 3.81. The smallest absolute Gasteiger partial charge is 0.326 e. The summed E-state index contributed by atoms with van der Waals surface area (Å²) in [5.74, 6) is 0. The molecule has 0 saturated carbocycles. The molecule has 0 aliphatic carbocycles. The fourth-order valence-electron chi connectivity index (χ4n) is 1.09. The van der Waals surface area contributed by atoms with E-state index in [1.165, 1.54) is 12.3 Å². The van der Waals surface area contributed by atoms with Crippen LogP contribution >= 0.6 is 0 Å². The van der Waals surface area contributed by atoms with Crippen molar-refractivity contribution in [1.82, 2.24) is 4.98 Å². The third-order valence-corrected chi connectivity index (χ3v) is 2.41. The molecule has 0 atom stereocenters. The van der Waals surface area contributed by atoms with Gasteiger partial charge >= 0.3 is 6.18 Å². The lowest BCUT2D eigenvalue weighted by molar-refractivity contribution is -0.181. The van der Waals surface area contributed by atoms with Gasteiger partial charge in [0.1, 0.15) is 5.41 Å². The van der Waals surface area contributed by atoms with E-state index in [1.54, 1.807) is 6.07 Å². The first-order chi connectivity index (χ1) is 6.79. The molecule has 0 aromatic carbocycles. The highest BCUT2D eigenvalue weighted by atomic mass is 19.4. The van der Waals surface area contributed by atoms with Gasteiger partial charge in [0.05, 0.1) is 5.69 Å². The first-order valence-electron chi connectivity index (χ1n) is 4.51. The van der Waals surface area contributed by atoms with Gasteiger partial charge in [-0.1, -0.05) is 0 Å². The first kappa shape index (κ1) is 12.0. The minimum atomic E-state index is -4.31. The van der Waals surface area contributed by atoms with E-state index in [-0.39, 0.29) is 12.2 Å². The van der Waals surface area contributed by atoms with Crippen molar-refractivity contribution in [3.63, 3.8) is 0 Å². The van der Waals surface area contributed by atoms with Crippen LogP contribution in [0.4, 0.5) is 13.2 Å². The minimum absolute atomic E-state index is 0.00190. The number of nitrogens with zero attached hydrogens (tertiary/aromatic N) is 1. The van der Waals surface area contributed by atoms with Gasteiger partial charge in [0.25, 0.3) is 0 Å². The van der Waals surface area contributed by atoms with Crippen molar-refractivity contribution < 1.29 is 13.2 Å². The van der Waals surface area contributed by atoms with Crippen molar-refractivity contribution in [2.45, 2.75) is 32.0 Å². The molecule has 84 valence electrons. The molecule has 0 bridgehead atoms. The number of nitrogens with two attached hydrogens (primary N) is 1. The van der Waals surface area contributed by atoms with Crippen LogP contribution in [0.15, 0.2) is 18.3 Å². The molecule has 0 radical (unpaired) electrons. The second-order valence-corrected chi connectivity index (χ2v) is 3.88. The summed E-state index contributed by atoms with van der Waals surface area (Å²) in [6.45, 7) is 2.43. The molecule has 0 fully saturated rings. The summed E-state index contributed by atoms with van der Waals surface area (Å²) in [7, 11) is 0. The van der Waals surface area contributed by atoms with E-state index in [1.807, 2.05) is 0 Å². The summed E-state index contributed by atoms with van der Waals surface area (Å²) in [4.78, 5) is 3.75. The molecule has 0 aliphatic rings. The van der Waals surface area contributed by atoms with Crippen LogP contribution in [0.1, 0.15) is 25.1 Å². The van der Waals surface area contributed by atoms with Crippen LogP contribution in [0, 0.1) is 0 Å². The monoisotopic (exact) mass is 218 g/mol. The number of pyridine rings is 1. The Bertz CT molecular complexity index is 345. The Morgan fingerprint density at radius 3 is 2.40 bits per heavy atom. The van der Waals surface area contributed by atoms with Gasteiger partial charge in [0.15, 0.2) is 0 Å². The normalized spacial score (nSPS) is 12.9. The summed E-state index contributed by atoms with van der Waals surface area (Å²) in [6.07, 6.45) is -2.96. The van der Waals surface area contributed by atoms with E-state index in [9.17, 15) is 13.2 Å². The van der Waals surface area contributed by atoms with Crippen molar-refractivity contribution in [2.24, 2.45) is 5.73 Å². The van der Waals surface area contributed by atoms with Gasteiger partial charge in [-0.3, -0.25) is 4.98 Å². The van der Waals surface area contributed by atoms with Gasteiger partial charge in [0, 0.05) is 12.7 Å². The molecule has 1 heterocycles. The fraction of sp³-hybridized carbons (Fsp3) is 0.500. The predicted octanol–water partition coefficient (Wildman–Crippen LogP) is 2.38. The Morgan fingerprint density at radius 2 is 1.93 bits per heavy atom. The van der Waals surface area contributed by atoms with E-state index in [0.717, 1.165) is 13.8 Å². The van der Waals surface area contributed by atoms with Crippen LogP contribution in [0.5, 0.6) is 0 Å². The fourth-order valence-corrected chi connectivity index (χ4v) is 1.09. The SMILES string of the molecule is CC(C)(c1cc(CN)ccn1)C(F)(F)F. The molecule has 0 unspecified atom stereocenters. The molecule has 1 aromatic rings. The number of halogens is 3. The zero-order chi connectivity index (χ0) is 11.7. The highest BCUT2D eigenvalue weighted by molar-refractivity contribution is 5.23. The van der Waals surface area contributed by atoms with Gasteiger partial charge in [-0.25, -0.2) is 0 Å². The molecule has 2 nitrogen and oxygen atoms in total. The van der Waals surface area contributed by atoms with E-state index in [2.05, 4.69) is 4.98 Å². The predicted molar refractivity (Wildman–Crippen MR) is 51.2 cm³/mol. The standard InChI is InChI=1S/C10H13F3N2/c1-9(2,10(11,12)13)8-5-7(6-14)3-4-15-8/h3-5H,6,14H2,1-2H3. The van der Waals surface area contributed by atoms with Gasteiger partial charge in [-0.2, -0.15) is 13.2 Å². The molecule has 5 heteroatoms. The molecule has 0 aliphatic heterocycles. The number of rotatable bonds is 2. The van der Waals surface area contributed by atoms with Gasteiger partial charge in [-0.15, -0.1) is 0 Å². The Morgan fingerprint density at radius 1 is 1.33 bits per heavy atom. The van der Waals surface area contributed by atoms with E-state index in [0.29, 0.717) is 5.56 Å². The molecule has 15 heavy (non-hydrogen) atoms. The Labute approximate surface area is 86.3 Å². The van der Waals surface area contributed by atoms with Gasteiger partial charge < -0.3 is 5.73 Å². The molecule has 0 saturated heterocycles. The Balaban J connectivity index is 3.15. The maximum atomic E-state index is 12.7. The third-order valence-electron chi connectivity index (χ3n) is 2.41. The van der Waals surface area contributed by atoms with E-state index >= 15 is 0 Å². The summed E-state index contributed by atoms with van der Waals surface area (Å²) >= 11 is 0. The topological polar surface area (TPSA) is 38.9 Å². The highest BCUT2D eigenvalue weighted by Gasteiger charge is 2.49. The molecule has 2 N–H and O–H groups in total. The lowest BCUT2D eigenvalue weighted by Gasteiger charge is -2.27. The van der Waals surface area contributed by atoms with E-state index < -0.39 is 11.6 Å². The van der Waals surface area contributed by atoms with Crippen LogP contribution < -0.4 is 5.73 Å². The maximum absolute atomic E-state index is 12.7. The summed E-state index contributed by atoms with van der Waals surface area (Å²) < 4.78 is 38.1. The molecule has 0 spiro atoms. The quantitative estimate of drug-likeness (QED) is 0.827. The van der Waals surface area contributed by atoms with Gasteiger partial charge in [-0.05, 0) is 31.5 Å². The molecular formula is C10H13F3N2. The minimum Gasteiger partial charge on any atom is -0.326 e. The lowest BCUT2D eigenvalue weighted by atomic mass is 9.87. The van der Waals surface area contributed by atoms with Crippen LogP contribution in [-0.4, -0.2) is 11.2 Å². The second-order valence-electron chi connectivity index (χ2n) is 3.88. The van der Waals surface area contributed by atoms with Crippen molar-refractivity contribution in [2.75, 3.05) is 0 Å². The first-order valence-corrected chi connectivity index (χ1v) is 4.51. The third kappa shape index (κ3) is 2.28. The number of hydrogen-bond acceptors (Lipinski definition) is 2.